The van der Waals surface area contributed by atoms with Crippen molar-refractivity contribution in [3.05, 3.63) is 78.4 Å². The number of hydrogen-bond acceptors (Lipinski definition) is 4. The first-order valence-corrected chi connectivity index (χ1v) is 9.69. The Bertz CT molecular complexity index is 983. The van der Waals surface area contributed by atoms with E-state index in [4.69, 9.17) is 10.5 Å². The summed E-state index contributed by atoms with van der Waals surface area (Å²) in [7, 11) is -3.28. The summed E-state index contributed by atoms with van der Waals surface area (Å²) in [6, 6.07) is 22.3. The van der Waals surface area contributed by atoms with Gasteiger partial charge in [0.1, 0.15) is 12.4 Å². The molecule has 0 unspecified atom stereocenters. The molecule has 0 radical (unpaired) electrons. The Balaban J connectivity index is 1.84. The van der Waals surface area contributed by atoms with E-state index in [0.717, 1.165) is 22.4 Å². The Labute approximate surface area is 147 Å². The number of hydrogen-bond donors (Lipinski definition) is 1. The summed E-state index contributed by atoms with van der Waals surface area (Å²) in [5, 5.41) is 0. The highest BCUT2D eigenvalue weighted by molar-refractivity contribution is 7.90. The molecular formula is C20H19NO3S. The van der Waals surface area contributed by atoms with Crippen LogP contribution in [0.4, 0.5) is 5.69 Å². The molecule has 0 aliphatic rings. The maximum atomic E-state index is 11.6. The molecule has 5 heteroatoms. The predicted octanol–water partition coefficient (Wildman–Crippen LogP) is 3.92. The lowest BCUT2D eigenvalue weighted by molar-refractivity contribution is 0.306. The van der Waals surface area contributed by atoms with Gasteiger partial charge >= 0.3 is 0 Å². The summed E-state index contributed by atoms with van der Waals surface area (Å²) in [4.78, 5) is 0.213. The van der Waals surface area contributed by atoms with Crippen LogP contribution in [0.15, 0.2) is 77.7 Å². The highest BCUT2D eigenvalue weighted by atomic mass is 32.2. The first-order chi connectivity index (χ1) is 11.9. The van der Waals surface area contributed by atoms with Crippen molar-refractivity contribution in [2.24, 2.45) is 0 Å². The van der Waals surface area contributed by atoms with Gasteiger partial charge in [-0.15, -0.1) is 0 Å². The molecule has 0 atom stereocenters. The fraction of sp³-hybridized carbons (Fsp3) is 0.100. The summed E-state index contributed by atoms with van der Waals surface area (Å²) in [6.45, 7) is 0.479. The summed E-state index contributed by atoms with van der Waals surface area (Å²) >= 11 is 0. The van der Waals surface area contributed by atoms with Gasteiger partial charge in [-0.05, 0) is 35.4 Å². The molecular weight excluding hydrogens is 334 g/mol. The second kappa shape index (κ2) is 6.99. The molecule has 0 fully saturated rings. The number of benzene rings is 3. The van der Waals surface area contributed by atoms with E-state index < -0.39 is 9.84 Å². The standard InChI is InChI=1S/C20H19NO3S/c1-25(22,23)18-10-11-19(20(21)13-18)16-8-5-9-17(12-16)24-14-15-6-3-2-4-7-15/h2-13H,14,21H2,1H3. The molecule has 0 aliphatic heterocycles. The normalized spacial score (nSPS) is 11.2. The van der Waals surface area contributed by atoms with Crippen LogP contribution in [0.3, 0.4) is 0 Å². The fourth-order valence-electron chi connectivity index (χ4n) is 2.53. The minimum atomic E-state index is -3.28. The molecule has 0 saturated carbocycles. The Morgan fingerprint density at radius 2 is 1.68 bits per heavy atom. The van der Waals surface area contributed by atoms with Gasteiger partial charge < -0.3 is 10.5 Å². The molecule has 0 spiro atoms. The third-order valence-electron chi connectivity index (χ3n) is 3.84. The van der Waals surface area contributed by atoms with Crippen LogP contribution in [-0.4, -0.2) is 14.7 Å². The van der Waals surface area contributed by atoms with Crippen LogP contribution >= 0.6 is 0 Å². The van der Waals surface area contributed by atoms with Crippen LogP contribution in [0.1, 0.15) is 5.56 Å². The highest BCUT2D eigenvalue weighted by Crippen LogP contribution is 2.30. The van der Waals surface area contributed by atoms with Gasteiger partial charge in [-0.1, -0.05) is 48.5 Å². The first-order valence-electron chi connectivity index (χ1n) is 7.80. The van der Waals surface area contributed by atoms with E-state index in [1.54, 1.807) is 12.1 Å². The minimum Gasteiger partial charge on any atom is -0.489 e. The van der Waals surface area contributed by atoms with E-state index in [1.165, 1.54) is 12.3 Å². The van der Waals surface area contributed by atoms with Crippen LogP contribution in [0, 0.1) is 0 Å². The Morgan fingerprint density at radius 1 is 0.920 bits per heavy atom. The second-order valence-electron chi connectivity index (χ2n) is 5.82. The van der Waals surface area contributed by atoms with Crippen molar-refractivity contribution in [3.8, 4) is 16.9 Å². The quantitative estimate of drug-likeness (QED) is 0.706. The van der Waals surface area contributed by atoms with Crippen LogP contribution < -0.4 is 10.5 Å². The number of ether oxygens (including phenoxy) is 1. The second-order valence-corrected chi connectivity index (χ2v) is 7.84. The molecule has 128 valence electrons. The van der Waals surface area contributed by atoms with Crippen LogP contribution in [0.5, 0.6) is 5.75 Å². The van der Waals surface area contributed by atoms with E-state index in [1.807, 2.05) is 54.6 Å². The van der Waals surface area contributed by atoms with Crippen molar-refractivity contribution in [2.45, 2.75) is 11.5 Å². The Hall–Kier alpha value is -2.79. The van der Waals surface area contributed by atoms with Crippen molar-refractivity contribution in [1.82, 2.24) is 0 Å². The molecule has 3 rings (SSSR count). The number of sulfone groups is 1. The monoisotopic (exact) mass is 353 g/mol. The zero-order chi connectivity index (χ0) is 17.9. The molecule has 3 aromatic rings. The maximum absolute atomic E-state index is 11.6. The van der Waals surface area contributed by atoms with Crippen LogP contribution in [0.25, 0.3) is 11.1 Å². The summed E-state index contributed by atoms with van der Waals surface area (Å²) in [5.74, 6) is 0.730. The van der Waals surface area contributed by atoms with Crippen molar-refractivity contribution < 1.29 is 13.2 Å². The lowest BCUT2D eigenvalue weighted by atomic mass is 10.0. The van der Waals surface area contributed by atoms with Gasteiger partial charge in [0, 0.05) is 17.5 Å². The molecule has 0 amide bonds. The van der Waals surface area contributed by atoms with E-state index >= 15 is 0 Å². The predicted molar refractivity (Wildman–Crippen MR) is 100 cm³/mol. The average molecular weight is 353 g/mol. The summed E-state index contributed by atoms with van der Waals surface area (Å²) < 4.78 is 29.1. The van der Waals surface area contributed by atoms with Crippen molar-refractivity contribution >= 4 is 15.5 Å². The maximum Gasteiger partial charge on any atom is 0.175 e. The molecule has 0 aromatic heterocycles. The molecule has 4 nitrogen and oxygen atoms in total. The van der Waals surface area contributed by atoms with E-state index in [-0.39, 0.29) is 4.90 Å². The van der Waals surface area contributed by atoms with Gasteiger partial charge in [-0.3, -0.25) is 0 Å². The Kier molecular flexibility index (Phi) is 4.76. The lowest BCUT2D eigenvalue weighted by Crippen LogP contribution is -2.00. The number of nitrogen functional groups attached to an aromatic ring is 1. The lowest BCUT2D eigenvalue weighted by Gasteiger charge is -2.11. The number of nitrogens with two attached hydrogens (primary N) is 1. The van der Waals surface area contributed by atoms with E-state index in [0.29, 0.717) is 12.3 Å². The van der Waals surface area contributed by atoms with Gasteiger partial charge in [0.15, 0.2) is 9.84 Å². The fourth-order valence-corrected chi connectivity index (χ4v) is 3.18. The molecule has 25 heavy (non-hydrogen) atoms. The topological polar surface area (TPSA) is 69.4 Å². The number of rotatable bonds is 5. The zero-order valence-electron chi connectivity index (χ0n) is 13.8. The zero-order valence-corrected chi connectivity index (χ0v) is 14.7. The molecule has 0 bridgehead atoms. The summed E-state index contributed by atoms with van der Waals surface area (Å²) in [6.07, 6.45) is 1.17. The van der Waals surface area contributed by atoms with E-state index in [2.05, 4.69) is 0 Å². The first kappa shape index (κ1) is 17.0. The van der Waals surface area contributed by atoms with Crippen LogP contribution in [0.2, 0.25) is 0 Å². The molecule has 0 heterocycles. The van der Waals surface area contributed by atoms with Gasteiger partial charge in [0.05, 0.1) is 4.90 Å². The van der Waals surface area contributed by atoms with Crippen molar-refractivity contribution in [1.29, 1.82) is 0 Å². The highest BCUT2D eigenvalue weighted by Gasteiger charge is 2.11. The van der Waals surface area contributed by atoms with Gasteiger partial charge in [-0.2, -0.15) is 0 Å². The SMILES string of the molecule is CS(=O)(=O)c1ccc(-c2cccc(OCc3ccccc3)c2)c(N)c1. The van der Waals surface area contributed by atoms with E-state index in [9.17, 15) is 8.42 Å². The van der Waals surface area contributed by atoms with Crippen molar-refractivity contribution in [2.75, 3.05) is 12.0 Å². The van der Waals surface area contributed by atoms with Gasteiger partial charge in [-0.25, -0.2) is 8.42 Å². The Morgan fingerprint density at radius 3 is 2.36 bits per heavy atom. The molecule has 0 aliphatic carbocycles. The molecule has 0 saturated heterocycles. The van der Waals surface area contributed by atoms with Crippen molar-refractivity contribution in [3.63, 3.8) is 0 Å². The van der Waals surface area contributed by atoms with Gasteiger partial charge in [0.2, 0.25) is 0 Å². The third kappa shape index (κ3) is 4.19. The molecule has 3 aromatic carbocycles. The number of anilines is 1. The largest absolute Gasteiger partial charge is 0.489 e. The smallest absolute Gasteiger partial charge is 0.175 e. The molecule has 2 N–H and O–H groups in total. The third-order valence-corrected chi connectivity index (χ3v) is 4.95. The minimum absolute atomic E-state index is 0.213. The van der Waals surface area contributed by atoms with Crippen LogP contribution in [-0.2, 0) is 16.4 Å². The van der Waals surface area contributed by atoms with Gasteiger partial charge in [0.25, 0.3) is 0 Å². The summed E-state index contributed by atoms with van der Waals surface area (Å²) in [5.41, 5.74) is 9.22. The average Bonchev–Trinajstić information content (AvgIpc) is 2.60.